The molecule has 118 valence electrons. The fourth-order valence-electron chi connectivity index (χ4n) is 2.42. The first-order chi connectivity index (χ1) is 9.96. The van der Waals surface area contributed by atoms with Gasteiger partial charge in [0.25, 0.3) is 0 Å². The van der Waals surface area contributed by atoms with Crippen molar-refractivity contribution in [1.29, 1.82) is 0 Å². The van der Waals surface area contributed by atoms with Crippen LogP contribution in [0.4, 0.5) is 18.9 Å². The van der Waals surface area contributed by atoms with Crippen LogP contribution in [0.2, 0.25) is 0 Å². The molecule has 0 bridgehead atoms. The SMILES string of the molecule is CCOc1ccc(NC2CCN(CC(F)(F)F)CC2)cn1. The Morgan fingerprint density at radius 1 is 1.33 bits per heavy atom. The molecule has 0 amide bonds. The maximum Gasteiger partial charge on any atom is 0.401 e. The molecule has 1 aromatic rings. The predicted molar refractivity (Wildman–Crippen MR) is 74.5 cm³/mol. The molecule has 1 aliphatic rings. The van der Waals surface area contributed by atoms with E-state index in [2.05, 4.69) is 10.3 Å². The highest BCUT2D eigenvalue weighted by molar-refractivity contribution is 5.43. The highest BCUT2D eigenvalue weighted by atomic mass is 19.4. The van der Waals surface area contributed by atoms with Gasteiger partial charge in [-0.15, -0.1) is 0 Å². The van der Waals surface area contributed by atoms with E-state index in [9.17, 15) is 13.2 Å². The number of anilines is 1. The lowest BCUT2D eigenvalue weighted by atomic mass is 10.0. The van der Waals surface area contributed by atoms with Gasteiger partial charge in [-0.3, -0.25) is 4.90 Å². The van der Waals surface area contributed by atoms with Gasteiger partial charge >= 0.3 is 6.18 Å². The smallest absolute Gasteiger partial charge is 0.401 e. The molecule has 0 aliphatic carbocycles. The summed E-state index contributed by atoms with van der Waals surface area (Å²) in [5, 5.41) is 3.31. The molecule has 0 aromatic carbocycles. The second-order valence-electron chi connectivity index (χ2n) is 5.13. The van der Waals surface area contributed by atoms with Crippen molar-refractivity contribution in [2.75, 3.05) is 31.6 Å². The highest BCUT2D eigenvalue weighted by Crippen LogP contribution is 2.21. The van der Waals surface area contributed by atoms with Gasteiger partial charge in [-0.25, -0.2) is 4.98 Å². The minimum absolute atomic E-state index is 0.189. The van der Waals surface area contributed by atoms with Crippen LogP contribution >= 0.6 is 0 Å². The van der Waals surface area contributed by atoms with Gasteiger partial charge in [0.2, 0.25) is 5.88 Å². The molecule has 1 fully saturated rings. The van der Waals surface area contributed by atoms with E-state index < -0.39 is 12.7 Å². The van der Waals surface area contributed by atoms with Gasteiger partial charge in [-0.1, -0.05) is 0 Å². The predicted octanol–water partition coefficient (Wildman–Crippen LogP) is 2.92. The summed E-state index contributed by atoms with van der Waals surface area (Å²) in [6.45, 7) is 2.56. The van der Waals surface area contributed by atoms with Gasteiger partial charge in [-0.2, -0.15) is 13.2 Å². The summed E-state index contributed by atoms with van der Waals surface area (Å²) in [4.78, 5) is 5.61. The summed E-state index contributed by atoms with van der Waals surface area (Å²) in [6.07, 6.45) is -1.03. The molecule has 2 rings (SSSR count). The summed E-state index contributed by atoms with van der Waals surface area (Å²) in [6, 6.07) is 3.85. The number of nitrogens with one attached hydrogen (secondary N) is 1. The number of halogens is 3. The van der Waals surface area contributed by atoms with Gasteiger partial charge in [0, 0.05) is 25.2 Å². The van der Waals surface area contributed by atoms with Crippen LogP contribution < -0.4 is 10.1 Å². The molecular formula is C14H20F3N3O. The Balaban J connectivity index is 1.78. The second-order valence-corrected chi connectivity index (χ2v) is 5.13. The Hall–Kier alpha value is -1.50. The first-order valence-electron chi connectivity index (χ1n) is 7.11. The molecule has 0 unspecified atom stereocenters. The lowest BCUT2D eigenvalue weighted by molar-refractivity contribution is -0.147. The topological polar surface area (TPSA) is 37.4 Å². The van der Waals surface area contributed by atoms with E-state index in [0.29, 0.717) is 38.4 Å². The average Bonchev–Trinajstić information content (AvgIpc) is 2.42. The monoisotopic (exact) mass is 303 g/mol. The van der Waals surface area contributed by atoms with Gasteiger partial charge in [0.15, 0.2) is 0 Å². The minimum Gasteiger partial charge on any atom is -0.478 e. The van der Waals surface area contributed by atoms with Crippen LogP contribution in [0.3, 0.4) is 0 Å². The summed E-state index contributed by atoms with van der Waals surface area (Å²) >= 11 is 0. The van der Waals surface area contributed by atoms with E-state index in [4.69, 9.17) is 4.74 Å². The summed E-state index contributed by atoms with van der Waals surface area (Å²) < 4.78 is 42.2. The lowest BCUT2D eigenvalue weighted by Gasteiger charge is -2.33. The standard InChI is InChI=1S/C14H20F3N3O/c1-2-21-13-4-3-12(9-18-13)19-11-5-7-20(8-6-11)10-14(15,16)17/h3-4,9,11,19H,2,5-8,10H2,1H3. The number of rotatable bonds is 5. The molecule has 0 saturated carbocycles. The third kappa shape index (κ3) is 5.41. The Labute approximate surface area is 122 Å². The first-order valence-corrected chi connectivity index (χ1v) is 7.11. The fourth-order valence-corrected chi connectivity index (χ4v) is 2.42. The maximum absolute atomic E-state index is 12.3. The number of aromatic nitrogens is 1. The van der Waals surface area contributed by atoms with Crippen molar-refractivity contribution in [3.8, 4) is 5.88 Å². The van der Waals surface area contributed by atoms with Crippen molar-refractivity contribution >= 4 is 5.69 Å². The Morgan fingerprint density at radius 3 is 2.57 bits per heavy atom. The number of hydrogen-bond acceptors (Lipinski definition) is 4. The largest absolute Gasteiger partial charge is 0.478 e. The third-order valence-electron chi connectivity index (χ3n) is 3.39. The van der Waals surface area contributed by atoms with Gasteiger partial charge in [0.05, 0.1) is 25.0 Å². The molecule has 7 heteroatoms. The van der Waals surface area contributed by atoms with E-state index in [-0.39, 0.29) is 6.04 Å². The van der Waals surface area contributed by atoms with Gasteiger partial charge in [0.1, 0.15) is 0 Å². The molecule has 4 nitrogen and oxygen atoms in total. The Kier molecular flexibility index (Phi) is 5.27. The Morgan fingerprint density at radius 2 is 2.05 bits per heavy atom. The zero-order chi connectivity index (χ0) is 15.3. The van der Waals surface area contributed by atoms with Crippen molar-refractivity contribution in [3.63, 3.8) is 0 Å². The van der Waals surface area contributed by atoms with Gasteiger partial charge in [-0.05, 0) is 25.8 Å². The first kappa shape index (κ1) is 15.9. The van der Waals surface area contributed by atoms with Crippen LogP contribution in [0.1, 0.15) is 19.8 Å². The summed E-state index contributed by atoms with van der Waals surface area (Å²) in [5.74, 6) is 0.572. The molecule has 2 heterocycles. The summed E-state index contributed by atoms with van der Waals surface area (Å²) in [5.41, 5.74) is 0.868. The highest BCUT2D eigenvalue weighted by Gasteiger charge is 2.32. The van der Waals surface area contributed by atoms with Crippen molar-refractivity contribution in [1.82, 2.24) is 9.88 Å². The van der Waals surface area contributed by atoms with Crippen LogP contribution in [0.15, 0.2) is 18.3 Å². The molecule has 1 aliphatic heterocycles. The molecule has 1 aromatic heterocycles. The van der Waals surface area contributed by atoms with Crippen LogP contribution in [0.25, 0.3) is 0 Å². The molecule has 0 spiro atoms. The van der Waals surface area contributed by atoms with Crippen molar-refractivity contribution < 1.29 is 17.9 Å². The number of ether oxygens (including phenoxy) is 1. The van der Waals surface area contributed by atoms with E-state index in [1.165, 1.54) is 4.90 Å². The maximum atomic E-state index is 12.3. The van der Waals surface area contributed by atoms with Crippen LogP contribution in [-0.2, 0) is 0 Å². The number of nitrogens with zero attached hydrogens (tertiary/aromatic N) is 2. The molecular weight excluding hydrogens is 283 g/mol. The zero-order valence-electron chi connectivity index (χ0n) is 12.0. The van der Waals surface area contributed by atoms with E-state index in [1.54, 1.807) is 12.3 Å². The summed E-state index contributed by atoms with van der Waals surface area (Å²) in [7, 11) is 0. The zero-order valence-corrected chi connectivity index (χ0v) is 12.0. The minimum atomic E-state index is -4.11. The molecule has 21 heavy (non-hydrogen) atoms. The fraction of sp³-hybridized carbons (Fsp3) is 0.643. The molecule has 0 radical (unpaired) electrons. The number of alkyl halides is 3. The molecule has 1 saturated heterocycles. The van der Waals surface area contributed by atoms with Crippen LogP contribution in [0.5, 0.6) is 5.88 Å². The lowest BCUT2D eigenvalue weighted by Crippen LogP contribution is -2.43. The third-order valence-corrected chi connectivity index (χ3v) is 3.39. The second kappa shape index (κ2) is 6.98. The van der Waals surface area contributed by atoms with Gasteiger partial charge < -0.3 is 10.1 Å². The van der Waals surface area contributed by atoms with E-state index in [0.717, 1.165) is 5.69 Å². The molecule has 0 atom stereocenters. The van der Waals surface area contributed by atoms with Crippen LogP contribution in [0, 0.1) is 0 Å². The average molecular weight is 303 g/mol. The normalized spacial score (nSPS) is 17.7. The van der Waals surface area contributed by atoms with Crippen molar-refractivity contribution in [2.24, 2.45) is 0 Å². The number of piperidine rings is 1. The number of hydrogen-bond donors (Lipinski definition) is 1. The number of likely N-dealkylation sites (tertiary alicyclic amines) is 1. The molecule has 1 N–H and O–H groups in total. The quantitative estimate of drug-likeness (QED) is 0.907. The van der Waals surface area contributed by atoms with Crippen molar-refractivity contribution in [3.05, 3.63) is 18.3 Å². The van der Waals surface area contributed by atoms with E-state index >= 15 is 0 Å². The Bertz CT molecular complexity index is 428. The number of pyridine rings is 1. The van der Waals surface area contributed by atoms with Crippen LogP contribution in [-0.4, -0.2) is 48.3 Å². The van der Waals surface area contributed by atoms with Crippen molar-refractivity contribution in [2.45, 2.75) is 32.0 Å². The van der Waals surface area contributed by atoms with E-state index in [1.807, 2.05) is 13.0 Å².